The number of hydrogen-bond acceptors (Lipinski definition) is 5. The van der Waals surface area contributed by atoms with Gasteiger partial charge in [0.1, 0.15) is 6.61 Å². The summed E-state index contributed by atoms with van der Waals surface area (Å²) in [6.07, 6.45) is 0. The number of benzene rings is 1. The van der Waals surface area contributed by atoms with Crippen LogP contribution in [0, 0.1) is 6.92 Å². The molecule has 0 radical (unpaired) electrons. The number of methoxy groups -OCH3 is 1. The van der Waals surface area contributed by atoms with Gasteiger partial charge in [-0.15, -0.1) is 0 Å². The van der Waals surface area contributed by atoms with Gasteiger partial charge in [-0.2, -0.15) is 0 Å². The minimum Gasteiger partial charge on any atom is -0.493 e. The van der Waals surface area contributed by atoms with Crippen molar-refractivity contribution in [3.8, 4) is 11.5 Å². The molecule has 0 aliphatic rings. The van der Waals surface area contributed by atoms with Crippen LogP contribution in [0.15, 0.2) is 28.8 Å². The summed E-state index contributed by atoms with van der Waals surface area (Å²) in [4.78, 5) is 0. The highest BCUT2D eigenvalue weighted by Crippen LogP contribution is 2.28. The maximum Gasteiger partial charge on any atom is 0.174 e. The van der Waals surface area contributed by atoms with Gasteiger partial charge in [0.05, 0.1) is 12.8 Å². The topological polar surface area (TPSA) is 56.5 Å². The summed E-state index contributed by atoms with van der Waals surface area (Å²) in [5.41, 5.74) is 2.00. The third-order valence-corrected chi connectivity index (χ3v) is 2.99. The van der Waals surface area contributed by atoms with Crippen LogP contribution in [0.1, 0.15) is 30.9 Å². The Labute approximate surface area is 125 Å². The zero-order valence-corrected chi connectivity index (χ0v) is 13.0. The molecule has 0 unspecified atom stereocenters. The molecule has 0 spiro atoms. The molecule has 0 atom stereocenters. The van der Waals surface area contributed by atoms with Crippen molar-refractivity contribution in [2.24, 2.45) is 0 Å². The van der Waals surface area contributed by atoms with Gasteiger partial charge < -0.3 is 19.3 Å². The minimum absolute atomic E-state index is 0.327. The molecule has 0 bridgehead atoms. The lowest BCUT2D eigenvalue weighted by molar-refractivity contribution is 0.238. The molecule has 1 heterocycles. The van der Waals surface area contributed by atoms with E-state index in [0.717, 1.165) is 17.0 Å². The summed E-state index contributed by atoms with van der Waals surface area (Å²) < 4.78 is 16.3. The molecule has 0 amide bonds. The smallest absolute Gasteiger partial charge is 0.174 e. The number of nitrogens with zero attached hydrogens (tertiary/aromatic N) is 1. The predicted octanol–water partition coefficient (Wildman–Crippen LogP) is 3.07. The fourth-order valence-corrected chi connectivity index (χ4v) is 1.86. The largest absolute Gasteiger partial charge is 0.493 e. The van der Waals surface area contributed by atoms with E-state index >= 15 is 0 Å². The van der Waals surface area contributed by atoms with E-state index in [4.69, 9.17) is 14.0 Å². The Morgan fingerprint density at radius 2 is 2.05 bits per heavy atom. The SMILES string of the molecule is COc1cc(C)ccc1OCc1cc(CNC(C)C)no1. The van der Waals surface area contributed by atoms with Crippen LogP contribution in [0.25, 0.3) is 0 Å². The van der Waals surface area contributed by atoms with Gasteiger partial charge in [0.15, 0.2) is 17.3 Å². The molecule has 0 saturated carbocycles. The van der Waals surface area contributed by atoms with Gasteiger partial charge in [0.25, 0.3) is 0 Å². The maximum atomic E-state index is 5.73. The van der Waals surface area contributed by atoms with E-state index in [1.54, 1.807) is 7.11 Å². The van der Waals surface area contributed by atoms with E-state index in [0.29, 0.717) is 30.7 Å². The Balaban J connectivity index is 1.94. The number of nitrogens with one attached hydrogen (secondary N) is 1. The van der Waals surface area contributed by atoms with Crippen molar-refractivity contribution in [2.45, 2.75) is 40.0 Å². The third kappa shape index (κ3) is 4.49. The predicted molar refractivity (Wildman–Crippen MR) is 80.5 cm³/mol. The van der Waals surface area contributed by atoms with E-state index in [1.165, 1.54) is 0 Å². The highest BCUT2D eigenvalue weighted by Gasteiger charge is 2.08. The first kappa shape index (κ1) is 15.4. The molecule has 0 aliphatic heterocycles. The first-order chi connectivity index (χ1) is 10.1. The molecule has 5 heteroatoms. The zero-order chi connectivity index (χ0) is 15.2. The van der Waals surface area contributed by atoms with E-state index in [2.05, 4.69) is 24.3 Å². The minimum atomic E-state index is 0.327. The molecular weight excluding hydrogens is 268 g/mol. The number of rotatable bonds is 7. The van der Waals surface area contributed by atoms with Gasteiger partial charge in [-0.1, -0.05) is 25.1 Å². The van der Waals surface area contributed by atoms with Crippen LogP contribution in [-0.2, 0) is 13.2 Å². The second kappa shape index (κ2) is 7.13. The van der Waals surface area contributed by atoms with Crippen LogP contribution in [0.4, 0.5) is 0 Å². The third-order valence-electron chi connectivity index (χ3n) is 2.99. The number of aromatic nitrogens is 1. The van der Waals surface area contributed by atoms with Crippen molar-refractivity contribution in [3.05, 3.63) is 41.3 Å². The lowest BCUT2D eigenvalue weighted by Gasteiger charge is -2.09. The summed E-state index contributed by atoms with van der Waals surface area (Å²) in [7, 11) is 1.63. The Bertz CT molecular complexity index is 579. The summed E-state index contributed by atoms with van der Waals surface area (Å²) in [5, 5.41) is 7.30. The second-order valence-corrected chi connectivity index (χ2v) is 5.26. The molecule has 1 aromatic carbocycles. The quantitative estimate of drug-likeness (QED) is 0.849. The fourth-order valence-electron chi connectivity index (χ4n) is 1.86. The Morgan fingerprint density at radius 3 is 2.76 bits per heavy atom. The molecule has 1 aromatic heterocycles. The Hall–Kier alpha value is -2.01. The van der Waals surface area contributed by atoms with Crippen LogP contribution < -0.4 is 14.8 Å². The lowest BCUT2D eigenvalue weighted by Crippen LogP contribution is -2.21. The number of ether oxygens (including phenoxy) is 2. The standard InChI is InChI=1S/C16H22N2O3/c1-11(2)17-9-13-8-14(21-18-13)10-20-15-6-5-12(3)7-16(15)19-4/h5-8,11,17H,9-10H2,1-4H3. The first-order valence-corrected chi connectivity index (χ1v) is 7.03. The fraction of sp³-hybridized carbons (Fsp3) is 0.438. The molecule has 0 fully saturated rings. The van der Waals surface area contributed by atoms with Gasteiger partial charge in [0, 0.05) is 18.7 Å². The van der Waals surface area contributed by atoms with Crippen LogP contribution >= 0.6 is 0 Å². The molecule has 2 rings (SSSR count). The summed E-state index contributed by atoms with van der Waals surface area (Å²) in [5.74, 6) is 2.11. The van der Waals surface area contributed by atoms with Gasteiger partial charge in [0.2, 0.25) is 0 Å². The summed E-state index contributed by atoms with van der Waals surface area (Å²) in [6.45, 7) is 7.21. The van der Waals surface area contributed by atoms with Gasteiger partial charge in [-0.05, 0) is 24.6 Å². The maximum absolute atomic E-state index is 5.73. The molecule has 114 valence electrons. The molecule has 1 N–H and O–H groups in total. The normalized spacial score (nSPS) is 10.9. The second-order valence-electron chi connectivity index (χ2n) is 5.26. The van der Waals surface area contributed by atoms with Crippen molar-refractivity contribution < 1.29 is 14.0 Å². The van der Waals surface area contributed by atoms with E-state index < -0.39 is 0 Å². The molecule has 21 heavy (non-hydrogen) atoms. The van der Waals surface area contributed by atoms with Crippen molar-refractivity contribution in [1.82, 2.24) is 10.5 Å². The summed E-state index contributed by atoms with van der Waals surface area (Å²) in [6, 6.07) is 8.13. The van der Waals surface area contributed by atoms with Crippen LogP contribution in [0.5, 0.6) is 11.5 Å². The van der Waals surface area contributed by atoms with E-state index in [-0.39, 0.29) is 0 Å². The molecule has 2 aromatic rings. The first-order valence-electron chi connectivity index (χ1n) is 7.03. The Kier molecular flexibility index (Phi) is 5.22. The monoisotopic (exact) mass is 290 g/mol. The molecular formula is C16H22N2O3. The number of hydrogen-bond donors (Lipinski definition) is 1. The Morgan fingerprint density at radius 1 is 1.24 bits per heavy atom. The number of aryl methyl sites for hydroxylation is 1. The van der Waals surface area contributed by atoms with Gasteiger partial charge >= 0.3 is 0 Å². The van der Waals surface area contributed by atoms with Crippen LogP contribution in [-0.4, -0.2) is 18.3 Å². The van der Waals surface area contributed by atoms with Crippen molar-refractivity contribution in [1.29, 1.82) is 0 Å². The lowest BCUT2D eigenvalue weighted by atomic mass is 10.2. The van der Waals surface area contributed by atoms with Crippen molar-refractivity contribution in [2.75, 3.05) is 7.11 Å². The van der Waals surface area contributed by atoms with Crippen molar-refractivity contribution >= 4 is 0 Å². The van der Waals surface area contributed by atoms with Crippen LogP contribution in [0.2, 0.25) is 0 Å². The van der Waals surface area contributed by atoms with Crippen LogP contribution in [0.3, 0.4) is 0 Å². The van der Waals surface area contributed by atoms with Gasteiger partial charge in [-0.25, -0.2) is 0 Å². The molecule has 0 saturated heterocycles. The van der Waals surface area contributed by atoms with Gasteiger partial charge in [-0.3, -0.25) is 0 Å². The highest BCUT2D eigenvalue weighted by atomic mass is 16.5. The van der Waals surface area contributed by atoms with E-state index in [9.17, 15) is 0 Å². The highest BCUT2D eigenvalue weighted by molar-refractivity contribution is 5.42. The zero-order valence-electron chi connectivity index (χ0n) is 13.0. The van der Waals surface area contributed by atoms with Crippen molar-refractivity contribution in [3.63, 3.8) is 0 Å². The molecule has 0 aliphatic carbocycles. The average molecular weight is 290 g/mol. The summed E-state index contributed by atoms with van der Waals surface area (Å²) >= 11 is 0. The van der Waals surface area contributed by atoms with E-state index in [1.807, 2.05) is 31.2 Å². The molecule has 5 nitrogen and oxygen atoms in total. The average Bonchev–Trinajstić information content (AvgIpc) is 2.91.